The van der Waals surface area contributed by atoms with Gasteiger partial charge in [0.2, 0.25) is 0 Å². The van der Waals surface area contributed by atoms with Gasteiger partial charge in [0.1, 0.15) is 0 Å². The molecule has 0 aliphatic carbocycles. The maximum absolute atomic E-state index is 9.64. The van der Waals surface area contributed by atoms with E-state index in [9.17, 15) is 13.0 Å². The number of phosphoric acid groups is 1. The van der Waals surface area contributed by atoms with Crippen molar-refractivity contribution in [2.24, 2.45) is 4.53 Å². The highest BCUT2D eigenvalue weighted by Gasteiger charge is 2.13. The van der Waals surface area contributed by atoms with Crippen LogP contribution in [0, 0.1) is 0 Å². The van der Waals surface area contributed by atoms with Gasteiger partial charge in [-0.15, -0.1) is 4.62 Å². The van der Waals surface area contributed by atoms with Crippen molar-refractivity contribution >= 4 is 18.3 Å². The Morgan fingerprint density at radius 3 is 2.00 bits per heavy atom. The SMILES string of the molecule is O=S(=O)=NOP(=O)(O)O. The molecule has 0 rings (SSSR count). The Labute approximate surface area is 51.2 Å². The van der Waals surface area contributed by atoms with Gasteiger partial charge in [0.25, 0.3) is 0 Å². The minimum absolute atomic E-state index is 2.05. The van der Waals surface area contributed by atoms with Crippen LogP contribution in [-0.2, 0) is 19.7 Å². The zero-order chi connectivity index (χ0) is 7.49. The first-order chi connectivity index (χ1) is 3.92. The molecule has 9 heteroatoms. The highest BCUT2D eigenvalue weighted by molar-refractivity contribution is 7.61. The van der Waals surface area contributed by atoms with Crippen molar-refractivity contribution in [2.75, 3.05) is 0 Å². The molecule has 0 saturated carbocycles. The molecule has 0 unspecified atom stereocenters. The van der Waals surface area contributed by atoms with Gasteiger partial charge in [-0.1, -0.05) is 0 Å². The summed E-state index contributed by atoms with van der Waals surface area (Å²) in [6, 6.07) is 0. The van der Waals surface area contributed by atoms with E-state index in [2.05, 4.69) is 4.62 Å². The van der Waals surface area contributed by atoms with Crippen molar-refractivity contribution < 1.29 is 27.4 Å². The number of nitrogens with zero attached hydrogens (tertiary/aromatic N) is 1. The number of rotatable bonds is 2. The topological polar surface area (TPSA) is 113 Å². The zero-order valence-electron chi connectivity index (χ0n) is 3.83. The number of hydrogen-bond donors (Lipinski definition) is 2. The molecular formula is H2NO6PS. The van der Waals surface area contributed by atoms with Crippen LogP contribution in [0.15, 0.2) is 4.53 Å². The maximum Gasteiger partial charge on any atom is 0.493 e. The maximum atomic E-state index is 9.64. The van der Waals surface area contributed by atoms with Crippen LogP contribution in [0.3, 0.4) is 0 Å². The average Bonchev–Trinajstić information content (AvgIpc) is 1.59. The summed E-state index contributed by atoms with van der Waals surface area (Å²) in [6.07, 6.45) is 0. The second-order valence-electron chi connectivity index (χ2n) is 0.864. The minimum atomic E-state index is -4.78. The third kappa shape index (κ3) is 7.73. The van der Waals surface area contributed by atoms with Crippen molar-refractivity contribution in [2.45, 2.75) is 0 Å². The molecule has 0 radical (unpaired) electrons. The molecule has 54 valence electrons. The molecule has 2 N–H and O–H groups in total. The second kappa shape index (κ2) is 3.04. The first kappa shape index (κ1) is 8.73. The van der Waals surface area contributed by atoms with Crippen LogP contribution in [0.4, 0.5) is 0 Å². The van der Waals surface area contributed by atoms with E-state index in [1.165, 1.54) is 0 Å². The fourth-order valence-electron chi connectivity index (χ4n) is 0.0706. The Morgan fingerprint density at radius 1 is 1.44 bits per heavy atom. The van der Waals surface area contributed by atoms with Gasteiger partial charge in [0.15, 0.2) is 0 Å². The molecule has 0 saturated heterocycles. The normalized spacial score (nSPS) is 10.9. The fraction of sp³-hybridized carbons (Fsp3) is 0. The molecule has 0 aromatic rings. The lowest BCUT2D eigenvalue weighted by Gasteiger charge is -1.91. The zero-order valence-corrected chi connectivity index (χ0v) is 5.54. The molecule has 0 aliphatic heterocycles. The van der Waals surface area contributed by atoms with E-state index in [1.54, 1.807) is 0 Å². The smallest absolute Gasteiger partial charge is 0.301 e. The fourth-order valence-corrected chi connectivity index (χ4v) is 0.636. The molecule has 0 aromatic carbocycles. The van der Waals surface area contributed by atoms with E-state index in [0.29, 0.717) is 0 Å². The monoisotopic (exact) mass is 175 g/mol. The summed E-state index contributed by atoms with van der Waals surface area (Å²) in [4.78, 5) is 15.6. The van der Waals surface area contributed by atoms with Gasteiger partial charge in [0.05, 0.1) is 0 Å². The van der Waals surface area contributed by atoms with Gasteiger partial charge >= 0.3 is 18.3 Å². The Bertz CT molecular complexity index is 234. The molecule has 0 aliphatic rings. The molecule has 0 amide bonds. The van der Waals surface area contributed by atoms with E-state index in [4.69, 9.17) is 9.79 Å². The largest absolute Gasteiger partial charge is 0.493 e. The minimum Gasteiger partial charge on any atom is -0.301 e. The predicted octanol–water partition coefficient (Wildman–Crippen LogP) is -0.927. The third-order valence-corrected chi connectivity index (χ3v) is 0.802. The van der Waals surface area contributed by atoms with Crippen molar-refractivity contribution in [1.29, 1.82) is 0 Å². The first-order valence-electron chi connectivity index (χ1n) is 1.46. The van der Waals surface area contributed by atoms with E-state index in [-0.39, 0.29) is 0 Å². The summed E-state index contributed by atoms with van der Waals surface area (Å²) in [5.74, 6) is 0. The standard InChI is InChI=1S/H2NO6PS/c2-8(3,4)7-1-9(5)6/h(H2,2,3,4). The van der Waals surface area contributed by atoms with Gasteiger partial charge in [-0.2, -0.15) is 8.42 Å². The van der Waals surface area contributed by atoms with Gasteiger partial charge in [-0.05, 0) is 0 Å². The first-order valence-corrected chi connectivity index (χ1v) is 4.03. The molecule has 0 atom stereocenters. The molecular weight excluding hydrogens is 173 g/mol. The highest BCUT2D eigenvalue weighted by Crippen LogP contribution is 2.35. The molecule has 0 bridgehead atoms. The van der Waals surface area contributed by atoms with Gasteiger partial charge in [-0.3, -0.25) is 0 Å². The van der Waals surface area contributed by atoms with Crippen molar-refractivity contribution in [1.82, 2.24) is 0 Å². The van der Waals surface area contributed by atoms with Crippen molar-refractivity contribution in [3.63, 3.8) is 0 Å². The summed E-state index contributed by atoms with van der Waals surface area (Å²) in [6.45, 7) is 0. The van der Waals surface area contributed by atoms with Gasteiger partial charge in [0, 0.05) is 4.53 Å². The van der Waals surface area contributed by atoms with E-state index in [1.807, 2.05) is 4.53 Å². The molecule has 0 fully saturated rings. The summed E-state index contributed by atoms with van der Waals surface area (Å²) in [5.41, 5.74) is 0. The van der Waals surface area contributed by atoms with E-state index >= 15 is 0 Å². The average molecular weight is 175 g/mol. The van der Waals surface area contributed by atoms with E-state index in [0.717, 1.165) is 0 Å². The third-order valence-electron chi connectivity index (χ3n) is 0.201. The van der Waals surface area contributed by atoms with Crippen LogP contribution in [0.25, 0.3) is 0 Å². The number of hydrogen-bond acceptors (Lipinski definition) is 5. The lowest BCUT2D eigenvalue weighted by atomic mass is 13.6. The molecule has 9 heavy (non-hydrogen) atoms. The predicted molar refractivity (Wildman–Crippen MR) is 24.5 cm³/mol. The Morgan fingerprint density at radius 2 is 1.89 bits per heavy atom. The lowest BCUT2D eigenvalue weighted by Crippen LogP contribution is -1.77. The molecule has 0 aromatic heterocycles. The highest BCUT2D eigenvalue weighted by atomic mass is 32.2. The van der Waals surface area contributed by atoms with Crippen LogP contribution in [0.2, 0.25) is 0 Å². The Hall–Kier alpha value is -0.270. The molecule has 0 spiro atoms. The summed E-state index contributed by atoms with van der Waals surface area (Å²) < 4.78 is 33.7. The van der Waals surface area contributed by atoms with Crippen molar-refractivity contribution in [3.8, 4) is 0 Å². The van der Waals surface area contributed by atoms with Crippen LogP contribution in [-0.4, -0.2) is 18.2 Å². The Balaban J connectivity index is 4.11. The van der Waals surface area contributed by atoms with Gasteiger partial charge < -0.3 is 9.79 Å². The second-order valence-corrected chi connectivity index (χ2v) is 2.59. The molecule has 7 nitrogen and oxygen atoms in total. The van der Waals surface area contributed by atoms with Crippen molar-refractivity contribution in [3.05, 3.63) is 0 Å². The summed E-state index contributed by atoms with van der Waals surface area (Å²) in [5, 5.41) is 0. The van der Waals surface area contributed by atoms with E-state index < -0.39 is 18.3 Å². The van der Waals surface area contributed by atoms with Crippen LogP contribution in [0.1, 0.15) is 0 Å². The quantitative estimate of drug-likeness (QED) is 0.414. The van der Waals surface area contributed by atoms with Gasteiger partial charge in [-0.25, -0.2) is 4.57 Å². The summed E-state index contributed by atoms with van der Waals surface area (Å²) >= 11 is 0. The lowest BCUT2D eigenvalue weighted by molar-refractivity contribution is 0.207. The summed E-state index contributed by atoms with van der Waals surface area (Å²) in [7, 11) is -7.73. The van der Waals surface area contributed by atoms with Crippen LogP contribution < -0.4 is 0 Å². The molecule has 0 heterocycles. The van der Waals surface area contributed by atoms with Crippen LogP contribution >= 0.6 is 7.82 Å². The Kier molecular flexibility index (Phi) is 2.95. The van der Waals surface area contributed by atoms with Crippen LogP contribution in [0.5, 0.6) is 0 Å².